The molecule has 1 aliphatic heterocycles. The first-order valence-corrected chi connectivity index (χ1v) is 14.2. The molecule has 1 aromatic rings. The molecule has 0 amide bonds. The number of aliphatic hydroxyl groups is 2. The predicted molar refractivity (Wildman–Crippen MR) is 142 cm³/mol. The molecule has 192 valence electrons. The maximum atomic E-state index is 12.3. The first kappa shape index (κ1) is 24.3. The van der Waals surface area contributed by atoms with Gasteiger partial charge < -0.3 is 15.5 Å². The fraction of sp³-hybridized carbons (Fsp3) is 0.594. The van der Waals surface area contributed by atoms with Gasteiger partial charge in [0.2, 0.25) is 0 Å². The summed E-state index contributed by atoms with van der Waals surface area (Å²) in [4.78, 5) is 12.3. The van der Waals surface area contributed by atoms with Gasteiger partial charge in [-0.15, -0.1) is 0 Å². The summed E-state index contributed by atoms with van der Waals surface area (Å²) >= 11 is 0. The first-order valence-electron chi connectivity index (χ1n) is 14.2. The van der Waals surface area contributed by atoms with Crippen molar-refractivity contribution in [3.8, 4) is 0 Å². The van der Waals surface area contributed by atoms with Gasteiger partial charge in [-0.2, -0.15) is 0 Å². The van der Waals surface area contributed by atoms with Crippen LogP contribution in [0.2, 0.25) is 0 Å². The number of aliphatic hydroxyl groups excluding tert-OH is 1. The molecule has 0 bridgehead atoms. The minimum absolute atomic E-state index is 0.0376. The zero-order valence-electron chi connectivity index (χ0n) is 21.6. The number of carbonyl (C=O) groups excluding carboxylic acids is 1. The Balaban J connectivity index is 1.43. The summed E-state index contributed by atoms with van der Waals surface area (Å²) in [5.74, 6) is 1.40. The van der Waals surface area contributed by atoms with Gasteiger partial charge in [-0.25, -0.2) is 0 Å². The number of rotatable bonds is 4. The van der Waals surface area contributed by atoms with Crippen LogP contribution in [0.3, 0.4) is 0 Å². The number of allylic oxidation sites excluding steroid dienone is 4. The lowest BCUT2D eigenvalue weighted by Crippen LogP contribution is -2.50. The van der Waals surface area contributed by atoms with Crippen molar-refractivity contribution < 1.29 is 15.0 Å². The second kappa shape index (κ2) is 9.38. The summed E-state index contributed by atoms with van der Waals surface area (Å²) in [5, 5.41) is 25.1. The number of piperidine rings is 1. The van der Waals surface area contributed by atoms with Crippen molar-refractivity contribution in [1.82, 2.24) is 5.32 Å². The number of hydrogen-bond donors (Lipinski definition) is 3. The Hall–Kier alpha value is -2.01. The van der Waals surface area contributed by atoms with Crippen LogP contribution in [-0.4, -0.2) is 34.7 Å². The van der Waals surface area contributed by atoms with Gasteiger partial charge in [0.25, 0.3) is 0 Å². The first-order chi connectivity index (χ1) is 17.4. The molecule has 1 unspecified atom stereocenters. The third kappa shape index (κ3) is 3.88. The number of nitrogens with one attached hydrogen (secondary N) is 1. The quantitative estimate of drug-likeness (QED) is 0.478. The molecule has 36 heavy (non-hydrogen) atoms. The lowest BCUT2D eigenvalue weighted by atomic mass is 9.51. The molecule has 4 aliphatic carbocycles. The van der Waals surface area contributed by atoms with Crippen molar-refractivity contribution in [3.05, 3.63) is 70.3 Å². The maximum Gasteiger partial charge on any atom is 0.156 e. The highest BCUT2D eigenvalue weighted by molar-refractivity contribution is 5.93. The van der Waals surface area contributed by atoms with E-state index in [2.05, 4.69) is 36.5 Å². The fourth-order valence-corrected chi connectivity index (χ4v) is 8.62. The van der Waals surface area contributed by atoms with Crippen LogP contribution >= 0.6 is 0 Å². The molecule has 0 spiro atoms. The number of ketones is 1. The summed E-state index contributed by atoms with van der Waals surface area (Å²) in [6.07, 6.45) is 15.5. The summed E-state index contributed by atoms with van der Waals surface area (Å²) in [7, 11) is 0. The van der Waals surface area contributed by atoms with Gasteiger partial charge in [-0.1, -0.05) is 55.3 Å². The van der Waals surface area contributed by atoms with E-state index in [-0.39, 0.29) is 23.7 Å². The Morgan fingerprint density at radius 3 is 2.61 bits per heavy atom. The van der Waals surface area contributed by atoms with Crippen LogP contribution in [0.5, 0.6) is 0 Å². The molecule has 4 nitrogen and oxygen atoms in total. The van der Waals surface area contributed by atoms with E-state index in [1.54, 1.807) is 11.6 Å². The van der Waals surface area contributed by atoms with Gasteiger partial charge in [0.05, 0.1) is 12.2 Å². The van der Waals surface area contributed by atoms with Crippen molar-refractivity contribution >= 4 is 5.78 Å². The molecular formula is C32H41NO3. The van der Waals surface area contributed by atoms with E-state index in [1.165, 1.54) is 41.5 Å². The fourth-order valence-electron chi connectivity index (χ4n) is 8.62. The Bertz CT molecular complexity index is 1110. The molecular weight excluding hydrogens is 446 g/mol. The third-order valence-corrected chi connectivity index (χ3v) is 10.5. The minimum Gasteiger partial charge on any atom is -0.392 e. The lowest BCUT2D eigenvalue weighted by molar-refractivity contribution is -0.114. The Morgan fingerprint density at radius 2 is 1.86 bits per heavy atom. The second-order valence-electron chi connectivity index (χ2n) is 12.2. The Kier molecular flexibility index (Phi) is 6.34. The van der Waals surface area contributed by atoms with Gasteiger partial charge in [0.1, 0.15) is 0 Å². The van der Waals surface area contributed by atoms with Gasteiger partial charge in [0, 0.05) is 23.8 Å². The van der Waals surface area contributed by atoms with Gasteiger partial charge in [-0.3, -0.25) is 4.79 Å². The molecule has 0 aromatic heterocycles. The summed E-state index contributed by atoms with van der Waals surface area (Å²) in [5.41, 5.74) is 5.90. The molecule has 1 heterocycles. The smallest absolute Gasteiger partial charge is 0.156 e. The summed E-state index contributed by atoms with van der Waals surface area (Å²) in [6, 6.07) is 9.78. The van der Waals surface area contributed by atoms with E-state index >= 15 is 0 Å². The van der Waals surface area contributed by atoms with Crippen molar-refractivity contribution in [1.29, 1.82) is 0 Å². The van der Waals surface area contributed by atoms with Crippen molar-refractivity contribution in [2.75, 3.05) is 13.2 Å². The maximum absolute atomic E-state index is 12.3. The average molecular weight is 488 g/mol. The van der Waals surface area contributed by atoms with E-state index in [9.17, 15) is 15.0 Å². The lowest BCUT2D eigenvalue weighted by Gasteiger charge is -2.54. The topological polar surface area (TPSA) is 69.6 Å². The highest BCUT2D eigenvalue weighted by Gasteiger charge is 2.61. The molecule has 5 aliphatic rings. The molecule has 3 fully saturated rings. The van der Waals surface area contributed by atoms with E-state index in [1.807, 2.05) is 12.2 Å². The van der Waals surface area contributed by atoms with Gasteiger partial charge >= 0.3 is 0 Å². The molecule has 6 rings (SSSR count). The van der Waals surface area contributed by atoms with Crippen molar-refractivity contribution in [2.45, 2.75) is 88.7 Å². The predicted octanol–water partition coefficient (Wildman–Crippen LogP) is 5.68. The molecule has 6 atom stereocenters. The zero-order chi connectivity index (χ0) is 24.9. The van der Waals surface area contributed by atoms with Crippen molar-refractivity contribution in [2.24, 2.45) is 17.3 Å². The third-order valence-electron chi connectivity index (χ3n) is 10.5. The van der Waals surface area contributed by atoms with Gasteiger partial charge in [-0.05, 0) is 98.1 Å². The standard InChI is InChI=1S/C32H41NO3/c1-31-20-27(21-6-8-22(9-7-21)29-5-2-3-17-33-29)30-25-13-11-24(35)19-23(25)10-12-26(30)28(31)14-16-32(31,36)15-4-18-34/h4,6-9,15,19,26-29,33-34,36H,2-3,5,10-14,16-18,20H2,1H3/b15-4-/t26-,27+,28-,29?,31-,32-/m0/s1. The highest BCUT2D eigenvalue weighted by atomic mass is 16.3. The molecule has 4 heteroatoms. The van der Waals surface area contributed by atoms with E-state index < -0.39 is 5.60 Å². The zero-order valence-corrected chi connectivity index (χ0v) is 21.6. The normalized spacial score (nSPS) is 38.5. The van der Waals surface area contributed by atoms with Crippen LogP contribution in [0.1, 0.15) is 94.2 Å². The van der Waals surface area contributed by atoms with Crippen LogP contribution in [-0.2, 0) is 4.79 Å². The Morgan fingerprint density at radius 1 is 1.06 bits per heavy atom. The minimum atomic E-state index is -0.889. The monoisotopic (exact) mass is 487 g/mol. The molecule has 3 N–H and O–H groups in total. The SMILES string of the molecule is C[C@]12C[C@H](c3ccc(C4CCCCN4)cc3)C3=C4CCC(=O)C=C4CC[C@H]3[C@@H]1CC[C@@]2(O)/C=C\CO. The largest absolute Gasteiger partial charge is 0.392 e. The van der Waals surface area contributed by atoms with Crippen LogP contribution in [0.15, 0.2) is 59.2 Å². The number of carbonyl (C=O) groups is 1. The second-order valence-corrected chi connectivity index (χ2v) is 12.2. The molecule has 1 saturated heterocycles. The average Bonchev–Trinajstić information content (AvgIpc) is 3.17. The Labute approximate surface area is 215 Å². The van der Waals surface area contributed by atoms with Gasteiger partial charge in [0.15, 0.2) is 5.78 Å². The van der Waals surface area contributed by atoms with Crippen LogP contribution in [0.4, 0.5) is 0 Å². The van der Waals surface area contributed by atoms with E-state index in [4.69, 9.17) is 0 Å². The molecule has 2 saturated carbocycles. The molecule has 1 aromatic carbocycles. The summed E-state index contributed by atoms with van der Waals surface area (Å²) in [6.45, 7) is 3.36. The highest BCUT2D eigenvalue weighted by Crippen LogP contribution is 2.67. The van der Waals surface area contributed by atoms with E-state index in [0.717, 1.165) is 45.1 Å². The van der Waals surface area contributed by atoms with Crippen LogP contribution < -0.4 is 5.32 Å². The molecule has 0 radical (unpaired) electrons. The summed E-state index contributed by atoms with van der Waals surface area (Å²) < 4.78 is 0. The number of benzene rings is 1. The number of hydrogen-bond acceptors (Lipinski definition) is 4. The van der Waals surface area contributed by atoms with Crippen LogP contribution in [0.25, 0.3) is 0 Å². The number of fused-ring (bicyclic) bond motifs is 4. The van der Waals surface area contributed by atoms with E-state index in [0.29, 0.717) is 24.3 Å². The van der Waals surface area contributed by atoms with Crippen molar-refractivity contribution in [3.63, 3.8) is 0 Å². The van der Waals surface area contributed by atoms with Crippen LogP contribution in [0, 0.1) is 17.3 Å².